The predicted molar refractivity (Wildman–Crippen MR) is 163 cm³/mol. The first-order valence-corrected chi connectivity index (χ1v) is 14.6. The molecule has 2 unspecified atom stereocenters. The van der Waals surface area contributed by atoms with Crippen molar-refractivity contribution >= 4 is 33.6 Å². The van der Waals surface area contributed by atoms with Crippen LogP contribution < -0.4 is 10.4 Å². The monoisotopic (exact) mass is 593 g/mol. The number of aliphatic hydroxyl groups excluding tert-OH is 1. The molecule has 11 heteroatoms. The highest BCUT2D eigenvalue weighted by molar-refractivity contribution is 6.13. The van der Waals surface area contributed by atoms with Crippen molar-refractivity contribution in [3.63, 3.8) is 0 Å². The number of methoxy groups -OCH3 is 1. The number of fused-ring (bicyclic) bond motifs is 4. The third-order valence-electron chi connectivity index (χ3n) is 8.83. The van der Waals surface area contributed by atoms with Crippen LogP contribution in [0.5, 0.6) is 5.88 Å². The average Bonchev–Trinajstić information content (AvgIpc) is 3.44. The van der Waals surface area contributed by atoms with Gasteiger partial charge in [0.15, 0.2) is 11.9 Å². The van der Waals surface area contributed by atoms with Crippen molar-refractivity contribution < 1.29 is 24.2 Å². The molecule has 11 nitrogen and oxygen atoms in total. The van der Waals surface area contributed by atoms with E-state index in [0.717, 1.165) is 33.1 Å². The van der Waals surface area contributed by atoms with Gasteiger partial charge in [0.05, 0.1) is 41.1 Å². The van der Waals surface area contributed by atoms with Crippen molar-refractivity contribution in [1.82, 2.24) is 24.0 Å². The van der Waals surface area contributed by atoms with E-state index in [4.69, 9.17) is 9.47 Å². The summed E-state index contributed by atoms with van der Waals surface area (Å²) in [6.45, 7) is 1.33. The number of ketones is 1. The first-order chi connectivity index (χ1) is 21.4. The van der Waals surface area contributed by atoms with Crippen molar-refractivity contribution in [2.24, 2.45) is 7.05 Å². The van der Waals surface area contributed by atoms with Gasteiger partial charge in [-0.05, 0) is 60.2 Å². The molecule has 2 aliphatic heterocycles. The summed E-state index contributed by atoms with van der Waals surface area (Å²) < 4.78 is 13.9. The van der Waals surface area contributed by atoms with E-state index in [1.807, 2.05) is 54.6 Å². The number of nitrogens with zero attached hydrogens (tertiary/aromatic N) is 5. The second kappa shape index (κ2) is 11.0. The maximum Gasteiger partial charge on any atom is 0.333 e. The maximum atomic E-state index is 13.6. The first-order valence-electron chi connectivity index (χ1n) is 14.6. The van der Waals surface area contributed by atoms with E-state index in [2.05, 4.69) is 9.97 Å². The largest absolute Gasteiger partial charge is 0.475 e. The molecule has 44 heavy (non-hydrogen) atoms. The number of carbonyl (C=O) groups excluding carboxylic acids is 2. The van der Waals surface area contributed by atoms with Gasteiger partial charge in [-0.2, -0.15) is 0 Å². The molecular weight excluding hydrogens is 562 g/mol. The van der Waals surface area contributed by atoms with Gasteiger partial charge in [0.2, 0.25) is 5.88 Å². The zero-order valence-electron chi connectivity index (χ0n) is 24.3. The Labute approximate surface area is 252 Å². The van der Waals surface area contributed by atoms with E-state index in [9.17, 15) is 19.5 Å². The van der Waals surface area contributed by atoms with Crippen molar-refractivity contribution in [2.45, 2.75) is 30.9 Å². The molecule has 7 rings (SSSR count). The molecule has 1 amide bonds. The predicted octanol–water partition coefficient (Wildman–Crippen LogP) is 2.98. The molecule has 0 aliphatic carbocycles. The highest BCUT2D eigenvalue weighted by Crippen LogP contribution is 2.36. The number of ether oxygens (including phenoxy) is 2. The van der Waals surface area contributed by atoms with Crippen molar-refractivity contribution in [3.05, 3.63) is 83.0 Å². The third kappa shape index (κ3) is 4.56. The zero-order chi connectivity index (χ0) is 30.5. The number of hydrogen-bond donors (Lipinski definition) is 1. The zero-order valence-corrected chi connectivity index (χ0v) is 24.3. The number of hydrogen-bond acceptors (Lipinski definition) is 8. The van der Waals surface area contributed by atoms with E-state index in [1.54, 1.807) is 35.7 Å². The number of pyridine rings is 2. The molecule has 224 valence electrons. The minimum atomic E-state index is -1.54. The first kappa shape index (κ1) is 27.9. The fourth-order valence-electron chi connectivity index (χ4n) is 6.44. The summed E-state index contributed by atoms with van der Waals surface area (Å²) in [5.41, 5.74) is 5.59. The molecule has 0 radical (unpaired) electrons. The number of amides is 1. The maximum absolute atomic E-state index is 13.6. The lowest BCUT2D eigenvalue weighted by Gasteiger charge is -2.33. The van der Waals surface area contributed by atoms with Gasteiger partial charge >= 0.3 is 5.69 Å². The summed E-state index contributed by atoms with van der Waals surface area (Å²) in [5, 5.41) is 10.8. The second-order valence-corrected chi connectivity index (χ2v) is 11.3. The number of aliphatic hydroxyl groups is 1. The molecule has 2 fully saturated rings. The van der Waals surface area contributed by atoms with Gasteiger partial charge in [0.25, 0.3) is 5.91 Å². The molecule has 3 atom stereocenters. The fourth-order valence-corrected chi connectivity index (χ4v) is 6.44. The van der Waals surface area contributed by atoms with Crippen LogP contribution in [0, 0.1) is 0 Å². The van der Waals surface area contributed by atoms with Gasteiger partial charge < -0.3 is 19.5 Å². The fraction of sp³-hybridized carbons (Fsp3) is 0.303. The van der Waals surface area contributed by atoms with Crippen LogP contribution in [0.25, 0.3) is 38.8 Å². The van der Waals surface area contributed by atoms with E-state index in [0.29, 0.717) is 49.7 Å². The van der Waals surface area contributed by atoms with Crippen molar-refractivity contribution in [1.29, 1.82) is 0 Å². The van der Waals surface area contributed by atoms with Crippen LogP contribution in [-0.2, 0) is 21.4 Å². The molecule has 1 N–H and O–H groups in total. The van der Waals surface area contributed by atoms with E-state index in [-0.39, 0.29) is 11.6 Å². The standard InChI is InChI=1S/C33H31N5O6/c1-36-27-18-34-25-9-5-20(22-6-10-28(35-17-22)44-14-13-43-2)15-24(25)29(27)38(33(36)42)23-7-3-19(4-8-23)21-11-12-37-26(16-21)30(39)31(40)32(37)41/h3-10,15,17-18,21,26,31,40H,11-14,16H2,1-2H3/t21?,26?,31-/m0/s1. The summed E-state index contributed by atoms with van der Waals surface area (Å²) >= 11 is 0. The Morgan fingerprint density at radius 1 is 0.955 bits per heavy atom. The topological polar surface area (TPSA) is 129 Å². The van der Waals surface area contributed by atoms with Crippen LogP contribution in [0.1, 0.15) is 24.3 Å². The van der Waals surface area contributed by atoms with Crippen LogP contribution >= 0.6 is 0 Å². The van der Waals surface area contributed by atoms with Crippen LogP contribution in [0.4, 0.5) is 0 Å². The van der Waals surface area contributed by atoms with Crippen molar-refractivity contribution in [2.75, 3.05) is 26.9 Å². The molecule has 3 aromatic heterocycles. The summed E-state index contributed by atoms with van der Waals surface area (Å²) in [7, 11) is 3.36. The van der Waals surface area contributed by atoms with Crippen LogP contribution in [0.15, 0.2) is 71.8 Å². The Morgan fingerprint density at radius 2 is 1.75 bits per heavy atom. The summed E-state index contributed by atoms with van der Waals surface area (Å²) in [5.74, 6) is -0.327. The van der Waals surface area contributed by atoms with Gasteiger partial charge in [-0.15, -0.1) is 0 Å². The number of aromatic nitrogens is 4. The summed E-state index contributed by atoms with van der Waals surface area (Å²) in [6.07, 6.45) is 3.11. The number of piperidine rings is 1. The summed E-state index contributed by atoms with van der Waals surface area (Å²) in [4.78, 5) is 48.8. The SMILES string of the molecule is COCCOc1ccc(-c2ccc3ncc4c(c3c2)n(-c2ccc(C3CCN5C(=O)[C@@H](O)C(=O)C5C3)cc2)c(=O)n4C)cn1. The third-order valence-corrected chi connectivity index (χ3v) is 8.83. The van der Waals surface area contributed by atoms with Gasteiger partial charge in [-0.3, -0.25) is 23.7 Å². The van der Waals surface area contributed by atoms with Crippen LogP contribution in [0.3, 0.4) is 0 Å². The van der Waals surface area contributed by atoms with Gasteiger partial charge in [0, 0.05) is 43.9 Å². The number of carbonyl (C=O) groups is 2. The lowest BCUT2D eigenvalue weighted by Crippen LogP contribution is -2.42. The Morgan fingerprint density at radius 3 is 2.50 bits per heavy atom. The molecule has 0 saturated carbocycles. The second-order valence-electron chi connectivity index (χ2n) is 11.3. The van der Waals surface area contributed by atoms with E-state index in [1.165, 1.54) is 4.90 Å². The molecule has 2 aromatic carbocycles. The molecule has 0 bridgehead atoms. The number of aryl methyl sites for hydroxylation is 1. The van der Waals surface area contributed by atoms with E-state index < -0.39 is 23.8 Å². The van der Waals surface area contributed by atoms with Crippen LogP contribution in [-0.4, -0.2) is 79.8 Å². The highest BCUT2D eigenvalue weighted by atomic mass is 16.5. The van der Waals surface area contributed by atoms with Crippen molar-refractivity contribution in [3.8, 4) is 22.7 Å². The van der Waals surface area contributed by atoms with Gasteiger partial charge in [0.1, 0.15) is 6.61 Å². The minimum absolute atomic E-state index is 0.0644. The Bertz CT molecular complexity index is 1960. The van der Waals surface area contributed by atoms with E-state index >= 15 is 0 Å². The Kier molecular flexibility index (Phi) is 6.98. The molecule has 2 saturated heterocycles. The highest BCUT2D eigenvalue weighted by Gasteiger charge is 2.48. The lowest BCUT2D eigenvalue weighted by atomic mass is 9.85. The number of rotatable bonds is 7. The smallest absolute Gasteiger partial charge is 0.333 e. The Balaban J connectivity index is 1.23. The van der Waals surface area contributed by atoms with Crippen LogP contribution in [0.2, 0.25) is 0 Å². The Hall–Kier alpha value is -4.87. The molecular formula is C33H31N5O6. The number of Topliss-reactive ketones (excluding diaryl/α,β-unsaturated/α-hetero) is 1. The summed E-state index contributed by atoms with van der Waals surface area (Å²) in [6, 6.07) is 16.9. The normalized spacial score (nSPS) is 20.1. The molecule has 0 spiro atoms. The average molecular weight is 594 g/mol. The minimum Gasteiger partial charge on any atom is -0.475 e. The molecule has 5 aromatic rings. The molecule has 2 aliphatic rings. The number of imidazole rings is 1. The lowest BCUT2D eigenvalue weighted by molar-refractivity contribution is -0.137. The molecule has 5 heterocycles. The van der Waals surface area contributed by atoms with Gasteiger partial charge in [-0.1, -0.05) is 18.2 Å². The number of benzene rings is 2. The quantitative estimate of drug-likeness (QED) is 0.225. The van der Waals surface area contributed by atoms with Gasteiger partial charge in [-0.25, -0.2) is 9.78 Å².